The Labute approximate surface area is 203 Å². The van der Waals surface area contributed by atoms with Gasteiger partial charge in [-0.05, 0) is 42.5 Å². The normalized spacial score (nSPS) is 10.6. The number of nitrogens with one attached hydrogen (secondary N) is 2. The van der Waals surface area contributed by atoms with Crippen LogP contribution in [-0.4, -0.2) is 37.3 Å². The van der Waals surface area contributed by atoms with Crippen molar-refractivity contribution in [2.45, 2.75) is 5.16 Å². The molecule has 0 saturated heterocycles. The van der Waals surface area contributed by atoms with E-state index in [9.17, 15) is 9.59 Å². The van der Waals surface area contributed by atoms with E-state index in [1.54, 1.807) is 71.6 Å². The second-order valence-corrected chi connectivity index (χ2v) is 8.40. The topological polar surface area (TPSA) is 102 Å². The van der Waals surface area contributed by atoms with Crippen LogP contribution >= 0.6 is 35.0 Å². The molecule has 0 bridgehead atoms. The Morgan fingerprint density at radius 2 is 1.76 bits per heavy atom. The van der Waals surface area contributed by atoms with Gasteiger partial charge in [0, 0.05) is 23.5 Å². The Bertz CT molecular complexity index is 1280. The molecule has 0 atom stereocenters. The number of halogens is 2. The molecule has 166 valence electrons. The first-order chi connectivity index (χ1) is 16.0. The highest BCUT2D eigenvalue weighted by atomic mass is 35.5. The molecular formula is C22H16Cl2N6O2S. The molecule has 2 heterocycles. The SMILES string of the molecule is O=C(CSc1nnc(-c2cccnc2)n1-c1ccc(Cl)c(Cl)c1)NNC(=O)c1ccccc1. The van der Waals surface area contributed by atoms with Crippen molar-refractivity contribution in [2.75, 3.05) is 5.75 Å². The molecule has 0 spiro atoms. The van der Waals surface area contributed by atoms with Gasteiger partial charge in [0.2, 0.25) is 5.91 Å². The summed E-state index contributed by atoms with van der Waals surface area (Å²) in [6, 6.07) is 17.4. The lowest BCUT2D eigenvalue weighted by atomic mass is 10.2. The number of carbonyl (C=O) groups is 2. The van der Waals surface area contributed by atoms with Gasteiger partial charge in [-0.15, -0.1) is 10.2 Å². The van der Waals surface area contributed by atoms with Crippen LogP contribution < -0.4 is 10.9 Å². The van der Waals surface area contributed by atoms with Crippen molar-refractivity contribution in [3.63, 3.8) is 0 Å². The highest BCUT2D eigenvalue weighted by molar-refractivity contribution is 7.99. The number of amides is 2. The largest absolute Gasteiger partial charge is 0.272 e. The molecule has 11 heteroatoms. The zero-order valence-electron chi connectivity index (χ0n) is 16.9. The number of aromatic nitrogens is 4. The van der Waals surface area contributed by atoms with Gasteiger partial charge in [0.05, 0.1) is 21.5 Å². The van der Waals surface area contributed by atoms with E-state index in [0.29, 0.717) is 32.3 Å². The van der Waals surface area contributed by atoms with Crippen molar-refractivity contribution in [1.29, 1.82) is 0 Å². The molecule has 8 nitrogen and oxygen atoms in total. The zero-order valence-corrected chi connectivity index (χ0v) is 19.2. The molecule has 2 aromatic carbocycles. The maximum atomic E-state index is 12.3. The van der Waals surface area contributed by atoms with E-state index in [2.05, 4.69) is 26.0 Å². The maximum Gasteiger partial charge on any atom is 0.269 e. The van der Waals surface area contributed by atoms with Crippen LogP contribution in [0, 0.1) is 0 Å². The summed E-state index contributed by atoms with van der Waals surface area (Å²) in [5.74, 6) is -0.300. The smallest absolute Gasteiger partial charge is 0.269 e. The first-order valence-electron chi connectivity index (χ1n) is 9.61. The van der Waals surface area contributed by atoms with Gasteiger partial charge in [0.1, 0.15) is 0 Å². The van der Waals surface area contributed by atoms with Crippen molar-refractivity contribution >= 4 is 46.8 Å². The van der Waals surface area contributed by atoms with Gasteiger partial charge in [-0.2, -0.15) is 0 Å². The number of hydrazine groups is 1. The van der Waals surface area contributed by atoms with Gasteiger partial charge < -0.3 is 0 Å². The van der Waals surface area contributed by atoms with Crippen LogP contribution in [0.15, 0.2) is 78.2 Å². The molecule has 0 saturated carbocycles. The molecular weight excluding hydrogens is 483 g/mol. The molecule has 0 unspecified atom stereocenters. The van der Waals surface area contributed by atoms with Crippen molar-refractivity contribution in [1.82, 2.24) is 30.6 Å². The zero-order chi connectivity index (χ0) is 23.2. The van der Waals surface area contributed by atoms with E-state index in [1.807, 2.05) is 6.07 Å². The Hall–Kier alpha value is -3.40. The Balaban J connectivity index is 1.51. The van der Waals surface area contributed by atoms with Crippen LogP contribution in [-0.2, 0) is 4.79 Å². The molecule has 0 aliphatic rings. The summed E-state index contributed by atoms with van der Waals surface area (Å²) in [7, 11) is 0. The minimum absolute atomic E-state index is 0.0123. The average Bonchev–Trinajstić information content (AvgIpc) is 3.28. The van der Waals surface area contributed by atoms with Gasteiger partial charge in [0.15, 0.2) is 11.0 Å². The summed E-state index contributed by atoms with van der Waals surface area (Å²) in [6.07, 6.45) is 3.32. The van der Waals surface area contributed by atoms with Crippen molar-refractivity contribution in [2.24, 2.45) is 0 Å². The van der Waals surface area contributed by atoms with E-state index in [1.165, 1.54) is 0 Å². The fraction of sp³-hybridized carbons (Fsp3) is 0.0455. The second-order valence-electron chi connectivity index (χ2n) is 6.64. The number of rotatable bonds is 6. The van der Waals surface area contributed by atoms with Gasteiger partial charge in [-0.3, -0.25) is 30.0 Å². The van der Waals surface area contributed by atoms with Gasteiger partial charge in [0.25, 0.3) is 5.91 Å². The van der Waals surface area contributed by atoms with Gasteiger partial charge in [-0.1, -0.05) is 53.2 Å². The van der Waals surface area contributed by atoms with Gasteiger partial charge >= 0.3 is 0 Å². The van der Waals surface area contributed by atoms with Gasteiger partial charge in [-0.25, -0.2) is 0 Å². The molecule has 33 heavy (non-hydrogen) atoms. The molecule has 0 fully saturated rings. The molecule has 4 aromatic rings. The summed E-state index contributed by atoms with van der Waals surface area (Å²) in [5, 5.41) is 9.77. The third-order valence-electron chi connectivity index (χ3n) is 4.40. The number of pyridine rings is 1. The maximum absolute atomic E-state index is 12.3. The van der Waals surface area contributed by atoms with Crippen molar-refractivity contribution < 1.29 is 9.59 Å². The molecule has 2 aromatic heterocycles. The monoisotopic (exact) mass is 498 g/mol. The molecule has 0 aliphatic carbocycles. The lowest BCUT2D eigenvalue weighted by Crippen LogP contribution is -2.42. The molecule has 2 amide bonds. The highest BCUT2D eigenvalue weighted by Crippen LogP contribution is 2.31. The summed E-state index contributed by atoms with van der Waals surface area (Å²) < 4.78 is 1.76. The van der Waals surface area contributed by atoms with E-state index in [-0.39, 0.29) is 5.75 Å². The van der Waals surface area contributed by atoms with Crippen LogP contribution in [0.3, 0.4) is 0 Å². The van der Waals surface area contributed by atoms with Crippen LogP contribution in [0.5, 0.6) is 0 Å². The summed E-state index contributed by atoms with van der Waals surface area (Å²) in [5.41, 5.74) is 6.64. The van der Waals surface area contributed by atoms with Crippen molar-refractivity contribution in [3.8, 4) is 17.1 Å². The highest BCUT2D eigenvalue weighted by Gasteiger charge is 2.18. The standard InChI is InChI=1S/C22H16Cl2N6O2S/c23-17-9-8-16(11-18(17)24)30-20(15-7-4-10-25-12-15)27-29-22(30)33-13-19(31)26-28-21(32)14-5-2-1-3-6-14/h1-12H,13H2,(H,26,31)(H,28,32). The number of hydrogen-bond acceptors (Lipinski definition) is 6. The Morgan fingerprint density at radius 1 is 0.939 bits per heavy atom. The second kappa shape index (κ2) is 10.5. The summed E-state index contributed by atoms with van der Waals surface area (Å²) >= 11 is 13.4. The molecule has 0 radical (unpaired) electrons. The predicted octanol–water partition coefficient (Wildman–Crippen LogP) is 4.19. The number of nitrogens with zero attached hydrogens (tertiary/aromatic N) is 4. The lowest BCUT2D eigenvalue weighted by molar-refractivity contribution is -0.119. The van der Waals surface area contributed by atoms with Crippen LogP contribution in [0.2, 0.25) is 10.0 Å². The number of benzene rings is 2. The number of hydrogen-bond donors (Lipinski definition) is 2. The van der Waals surface area contributed by atoms with Crippen molar-refractivity contribution in [3.05, 3.63) is 88.7 Å². The molecule has 0 aliphatic heterocycles. The lowest BCUT2D eigenvalue weighted by Gasteiger charge is -2.11. The first kappa shape index (κ1) is 22.8. The van der Waals surface area contributed by atoms with E-state index >= 15 is 0 Å². The molecule has 2 N–H and O–H groups in total. The predicted molar refractivity (Wildman–Crippen MR) is 127 cm³/mol. The fourth-order valence-electron chi connectivity index (χ4n) is 2.86. The third kappa shape index (κ3) is 5.51. The quantitative estimate of drug-likeness (QED) is 0.305. The van der Waals surface area contributed by atoms with E-state index < -0.39 is 11.8 Å². The van der Waals surface area contributed by atoms with Crippen LogP contribution in [0.4, 0.5) is 0 Å². The minimum Gasteiger partial charge on any atom is -0.272 e. The summed E-state index contributed by atoms with van der Waals surface area (Å²) in [6.45, 7) is 0. The first-order valence-corrected chi connectivity index (χ1v) is 11.4. The third-order valence-corrected chi connectivity index (χ3v) is 6.07. The van der Waals surface area contributed by atoms with Crippen LogP contribution in [0.25, 0.3) is 17.1 Å². The Kier molecular flexibility index (Phi) is 7.23. The number of thioether (sulfide) groups is 1. The fourth-order valence-corrected chi connectivity index (χ4v) is 3.90. The average molecular weight is 499 g/mol. The van der Waals surface area contributed by atoms with E-state index in [0.717, 1.165) is 17.3 Å². The van der Waals surface area contributed by atoms with E-state index in [4.69, 9.17) is 23.2 Å². The number of carbonyl (C=O) groups excluding carboxylic acids is 2. The van der Waals surface area contributed by atoms with Crippen LogP contribution in [0.1, 0.15) is 10.4 Å². The summed E-state index contributed by atoms with van der Waals surface area (Å²) in [4.78, 5) is 28.6. The molecule has 4 rings (SSSR count). The minimum atomic E-state index is -0.410. The Morgan fingerprint density at radius 3 is 2.48 bits per heavy atom.